The van der Waals surface area contributed by atoms with E-state index in [1.165, 1.54) is 12.1 Å². The second kappa shape index (κ2) is 10.4. The lowest BCUT2D eigenvalue weighted by atomic mass is 9.94. The van der Waals surface area contributed by atoms with E-state index in [1.807, 2.05) is 49.3 Å². The van der Waals surface area contributed by atoms with Crippen molar-refractivity contribution < 1.29 is 27.2 Å². The van der Waals surface area contributed by atoms with Crippen LogP contribution in [-0.2, 0) is 16.6 Å². The first-order valence-electron chi connectivity index (χ1n) is 11.5. The summed E-state index contributed by atoms with van der Waals surface area (Å²) in [4.78, 5) is 26.8. The molecule has 9 heteroatoms. The van der Waals surface area contributed by atoms with Gasteiger partial charge in [-0.25, -0.2) is 4.39 Å². The van der Waals surface area contributed by atoms with Crippen LogP contribution in [0.1, 0.15) is 35.3 Å². The van der Waals surface area contributed by atoms with Crippen LogP contribution in [0.4, 0.5) is 17.6 Å². The zero-order valence-corrected chi connectivity index (χ0v) is 20.2. The number of nitrogens with zero attached hydrogens (tertiary/aromatic N) is 1. The SMILES string of the molecule is C[C@H]1[C@@H](C(=O)NC[C@H](Cc2ccc(C(=O)NCC(F)(F)F)c(F)c2)N(C)C)[C@@]1(C)c1ccccc1. The fourth-order valence-corrected chi connectivity index (χ4v) is 4.65. The molecule has 1 aliphatic rings. The van der Waals surface area contributed by atoms with Crippen LogP contribution < -0.4 is 10.6 Å². The summed E-state index contributed by atoms with van der Waals surface area (Å²) >= 11 is 0. The number of amides is 2. The van der Waals surface area contributed by atoms with Crippen molar-refractivity contribution in [3.05, 3.63) is 71.0 Å². The Bertz CT molecular complexity index is 1060. The fraction of sp³-hybridized carbons (Fsp3) is 0.462. The Morgan fingerprint density at radius 2 is 1.74 bits per heavy atom. The summed E-state index contributed by atoms with van der Waals surface area (Å²) in [6.45, 7) is 2.97. The van der Waals surface area contributed by atoms with E-state index in [1.54, 1.807) is 5.32 Å². The summed E-state index contributed by atoms with van der Waals surface area (Å²) in [6, 6.07) is 13.6. The highest BCUT2D eigenvalue weighted by Gasteiger charge is 2.62. The molecule has 2 aromatic carbocycles. The van der Waals surface area contributed by atoms with Gasteiger partial charge in [0.25, 0.3) is 5.91 Å². The average Bonchev–Trinajstić information content (AvgIpc) is 3.36. The maximum absolute atomic E-state index is 14.5. The number of benzene rings is 2. The zero-order valence-electron chi connectivity index (χ0n) is 20.2. The average molecular weight is 494 g/mol. The minimum atomic E-state index is -4.58. The molecule has 0 bridgehead atoms. The molecule has 0 radical (unpaired) electrons. The van der Waals surface area contributed by atoms with Gasteiger partial charge in [-0.2, -0.15) is 13.2 Å². The van der Waals surface area contributed by atoms with Crippen molar-refractivity contribution in [2.75, 3.05) is 27.2 Å². The Kier molecular flexibility index (Phi) is 7.89. The lowest BCUT2D eigenvalue weighted by molar-refractivity contribution is -0.123. The van der Waals surface area contributed by atoms with E-state index in [0.29, 0.717) is 18.5 Å². The van der Waals surface area contributed by atoms with Crippen molar-refractivity contribution in [3.8, 4) is 0 Å². The van der Waals surface area contributed by atoms with Gasteiger partial charge in [0.15, 0.2) is 0 Å². The Labute approximate surface area is 202 Å². The number of hydrogen-bond acceptors (Lipinski definition) is 3. The molecule has 0 spiro atoms. The molecule has 4 atom stereocenters. The van der Waals surface area contributed by atoms with E-state index in [4.69, 9.17) is 0 Å². The summed E-state index contributed by atoms with van der Waals surface area (Å²) in [5.41, 5.74) is 1.03. The smallest absolute Gasteiger partial charge is 0.354 e. The number of rotatable bonds is 9. The van der Waals surface area contributed by atoms with Gasteiger partial charge >= 0.3 is 6.18 Å². The van der Waals surface area contributed by atoms with E-state index in [9.17, 15) is 27.2 Å². The monoisotopic (exact) mass is 493 g/mol. The lowest BCUT2D eigenvalue weighted by Gasteiger charge is -2.25. The van der Waals surface area contributed by atoms with Gasteiger partial charge in [0.1, 0.15) is 12.4 Å². The van der Waals surface area contributed by atoms with E-state index in [2.05, 4.69) is 19.2 Å². The second-order valence-electron chi connectivity index (χ2n) is 9.59. The molecular formula is C26H31F4N3O2. The molecule has 35 heavy (non-hydrogen) atoms. The standard InChI is InChI=1S/C26H31F4N3O2/c1-16-22(25(16,2)18-8-6-5-7-9-18)24(35)31-14-19(33(3)4)12-17-10-11-20(21(27)13-17)23(34)32-15-26(28,29)30/h5-11,13,16,19,22H,12,14-15H2,1-4H3,(H,31,35)(H,32,34)/t16-,19-,22-,25+/m0/s1. The minimum Gasteiger partial charge on any atom is -0.354 e. The van der Waals surface area contributed by atoms with Crippen LogP contribution in [0, 0.1) is 17.7 Å². The van der Waals surface area contributed by atoms with Gasteiger partial charge in [-0.15, -0.1) is 0 Å². The molecule has 2 N–H and O–H groups in total. The van der Waals surface area contributed by atoms with E-state index >= 15 is 0 Å². The van der Waals surface area contributed by atoms with Crippen LogP contribution in [0.15, 0.2) is 48.5 Å². The van der Waals surface area contributed by atoms with Crippen molar-refractivity contribution >= 4 is 11.8 Å². The highest BCUT2D eigenvalue weighted by atomic mass is 19.4. The Morgan fingerprint density at radius 1 is 1.09 bits per heavy atom. The van der Waals surface area contributed by atoms with Crippen LogP contribution >= 0.6 is 0 Å². The number of alkyl halides is 3. The van der Waals surface area contributed by atoms with E-state index < -0.39 is 30.0 Å². The maximum atomic E-state index is 14.5. The molecular weight excluding hydrogens is 462 g/mol. The molecule has 2 amide bonds. The zero-order chi connectivity index (χ0) is 26.0. The highest BCUT2D eigenvalue weighted by molar-refractivity contribution is 5.94. The molecule has 1 fully saturated rings. The second-order valence-corrected chi connectivity index (χ2v) is 9.59. The molecule has 1 aliphatic carbocycles. The third-order valence-corrected chi connectivity index (χ3v) is 7.10. The summed E-state index contributed by atoms with van der Waals surface area (Å²) in [5, 5.41) is 4.70. The first kappa shape index (κ1) is 26.7. The van der Waals surface area contributed by atoms with Crippen molar-refractivity contribution in [2.24, 2.45) is 11.8 Å². The summed E-state index contributed by atoms with van der Waals surface area (Å²) in [5.74, 6) is -1.98. The molecule has 190 valence electrons. The molecule has 0 aliphatic heterocycles. The topological polar surface area (TPSA) is 61.4 Å². The molecule has 0 aromatic heterocycles. The molecule has 3 rings (SSSR count). The quantitative estimate of drug-likeness (QED) is 0.521. The number of halogens is 4. The highest BCUT2D eigenvalue weighted by Crippen LogP contribution is 2.59. The van der Waals surface area contributed by atoms with Crippen LogP contribution in [0.3, 0.4) is 0 Å². The fourth-order valence-electron chi connectivity index (χ4n) is 4.65. The molecule has 5 nitrogen and oxygen atoms in total. The first-order valence-corrected chi connectivity index (χ1v) is 11.5. The minimum absolute atomic E-state index is 0.0291. The van der Waals surface area contributed by atoms with E-state index in [0.717, 1.165) is 11.6 Å². The third-order valence-electron chi connectivity index (χ3n) is 7.10. The van der Waals surface area contributed by atoms with Crippen LogP contribution in [0.5, 0.6) is 0 Å². The van der Waals surface area contributed by atoms with Crippen molar-refractivity contribution in [2.45, 2.75) is 37.9 Å². The Balaban J connectivity index is 1.60. The number of hydrogen-bond donors (Lipinski definition) is 2. The summed E-state index contributed by atoms with van der Waals surface area (Å²) in [7, 11) is 3.69. The number of carbonyl (C=O) groups excluding carboxylic acids is 2. The van der Waals surface area contributed by atoms with Crippen LogP contribution in [-0.4, -0.2) is 56.1 Å². The van der Waals surface area contributed by atoms with Crippen LogP contribution in [0.25, 0.3) is 0 Å². The van der Waals surface area contributed by atoms with Gasteiger partial charge in [-0.05, 0) is 49.7 Å². The molecule has 0 unspecified atom stereocenters. The maximum Gasteiger partial charge on any atom is 0.405 e. The van der Waals surface area contributed by atoms with Crippen molar-refractivity contribution in [3.63, 3.8) is 0 Å². The Hall–Kier alpha value is -2.94. The normalized spacial score (nSPS) is 22.5. The number of nitrogens with one attached hydrogen (secondary N) is 2. The van der Waals surface area contributed by atoms with Gasteiger partial charge < -0.3 is 15.5 Å². The summed E-state index contributed by atoms with van der Waals surface area (Å²) in [6.07, 6.45) is -4.20. The molecule has 0 saturated heterocycles. The van der Waals surface area contributed by atoms with Gasteiger partial charge in [0.2, 0.25) is 5.91 Å². The predicted molar refractivity (Wildman–Crippen MR) is 125 cm³/mol. The Morgan fingerprint density at radius 3 is 2.31 bits per heavy atom. The third kappa shape index (κ3) is 6.20. The summed E-state index contributed by atoms with van der Waals surface area (Å²) < 4.78 is 51.4. The molecule has 1 saturated carbocycles. The molecule has 2 aromatic rings. The van der Waals surface area contributed by atoms with Crippen molar-refractivity contribution in [1.82, 2.24) is 15.5 Å². The number of carbonyl (C=O) groups is 2. The molecule has 0 heterocycles. The van der Waals surface area contributed by atoms with Gasteiger partial charge in [0, 0.05) is 18.0 Å². The van der Waals surface area contributed by atoms with Crippen molar-refractivity contribution in [1.29, 1.82) is 0 Å². The van der Waals surface area contributed by atoms with Gasteiger partial charge in [0.05, 0.1) is 11.5 Å². The first-order chi connectivity index (χ1) is 16.3. The number of likely N-dealkylation sites (N-methyl/N-ethyl adjacent to an activating group) is 1. The van der Waals surface area contributed by atoms with Gasteiger partial charge in [-0.3, -0.25) is 9.59 Å². The van der Waals surface area contributed by atoms with Gasteiger partial charge in [-0.1, -0.05) is 50.2 Å². The lowest BCUT2D eigenvalue weighted by Crippen LogP contribution is -2.42. The van der Waals surface area contributed by atoms with Crippen LogP contribution in [0.2, 0.25) is 0 Å². The predicted octanol–water partition coefficient (Wildman–Crippen LogP) is 3.93. The van der Waals surface area contributed by atoms with E-state index in [-0.39, 0.29) is 29.2 Å². The largest absolute Gasteiger partial charge is 0.405 e.